The molecule has 9 nitrogen and oxygen atoms in total. The minimum Gasteiger partial charge on any atom is -0.381 e. The van der Waals surface area contributed by atoms with E-state index in [1.807, 2.05) is 0 Å². The number of pyridine rings is 2. The molecule has 0 N–H and O–H groups in total. The van der Waals surface area contributed by atoms with Crippen molar-refractivity contribution >= 4 is 31.8 Å². The largest absolute Gasteiger partial charge is 0.381 e. The van der Waals surface area contributed by atoms with Crippen molar-refractivity contribution in [3.8, 4) is 11.3 Å². The fourth-order valence-corrected chi connectivity index (χ4v) is 6.43. The van der Waals surface area contributed by atoms with Gasteiger partial charge in [-0.1, -0.05) is 5.21 Å². The Hall–Kier alpha value is -3.77. The van der Waals surface area contributed by atoms with Gasteiger partial charge >= 0.3 is 0 Å². The lowest BCUT2D eigenvalue weighted by Gasteiger charge is -2.32. The Bertz CT molecular complexity index is 1950. The first-order valence-electron chi connectivity index (χ1n) is 13.8. The molecular formula is C27H26F2N6O3S. The van der Waals surface area contributed by atoms with Crippen LogP contribution in [0.15, 0.2) is 47.6 Å². The summed E-state index contributed by atoms with van der Waals surface area (Å²) in [6.45, 7) is -1.80. The van der Waals surface area contributed by atoms with Crippen molar-refractivity contribution in [2.24, 2.45) is 13.0 Å². The molecule has 4 aromatic heterocycles. The topological polar surface area (TPSA) is 105 Å². The first-order valence-corrected chi connectivity index (χ1v) is 14.2. The maximum Gasteiger partial charge on any atom is 0.177 e. The number of hydrogen-bond donors (Lipinski definition) is 0. The molecule has 12 heteroatoms. The Kier molecular flexibility index (Phi) is 5.35. The molecule has 1 atom stereocenters. The van der Waals surface area contributed by atoms with Gasteiger partial charge in [0.05, 0.1) is 50.0 Å². The molecule has 5 heterocycles. The Morgan fingerprint density at radius 1 is 1.15 bits per heavy atom. The Labute approximate surface area is 227 Å². The normalized spacial score (nSPS) is 17.3. The molecule has 1 aromatic carbocycles. The van der Waals surface area contributed by atoms with Crippen molar-refractivity contribution in [3.05, 3.63) is 65.7 Å². The van der Waals surface area contributed by atoms with E-state index in [-0.39, 0.29) is 49.8 Å². The molecule has 1 saturated heterocycles. The summed E-state index contributed by atoms with van der Waals surface area (Å²) in [5.41, 5.74) is 0.706. The number of aryl methyl sites for hydroxylation is 2. The number of sulfone groups is 1. The lowest BCUT2D eigenvalue weighted by atomic mass is 9.88. The second-order valence-corrected chi connectivity index (χ2v) is 11.7. The summed E-state index contributed by atoms with van der Waals surface area (Å²) < 4.78 is 89.7. The van der Waals surface area contributed by atoms with Gasteiger partial charge in [0.25, 0.3) is 0 Å². The van der Waals surface area contributed by atoms with E-state index < -0.39 is 34.4 Å². The van der Waals surface area contributed by atoms with E-state index in [0.717, 1.165) is 12.3 Å². The van der Waals surface area contributed by atoms with Crippen LogP contribution in [0.2, 0.25) is 0 Å². The van der Waals surface area contributed by atoms with E-state index in [9.17, 15) is 8.42 Å². The minimum atomic E-state index is -3.91. The summed E-state index contributed by atoms with van der Waals surface area (Å²) in [5.74, 6) is -1.58. The Morgan fingerprint density at radius 2 is 1.95 bits per heavy atom. The number of benzene rings is 1. The molecular weight excluding hydrogens is 526 g/mol. The van der Waals surface area contributed by atoms with Crippen LogP contribution < -0.4 is 0 Å². The molecule has 0 saturated carbocycles. The molecule has 0 amide bonds. The van der Waals surface area contributed by atoms with Gasteiger partial charge in [0.2, 0.25) is 0 Å². The zero-order valence-corrected chi connectivity index (χ0v) is 21.9. The second-order valence-electron chi connectivity index (χ2n) is 9.68. The highest BCUT2D eigenvalue weighted by molar-refractivity contribution is 7.91. The van der Waals surface area contributed by atoms with E-state index >= 15 is 8.78 Å². The molecule has 6 rings (SSSR count). The van der Waals surface area contributed by atoms with Crippen LogP contribution in [0.5, 0.6) is 0 Å². The van der Waals surface area contributed by atoms with Crippen molar-refractivity contribution in [2.75, 3.05) is 19.5 Å². The maximum atomic E-state index is 15.7. The van der Waals surface area contributed by atoms with Crippen LogP contribution in [0.1, 0.15) is 34.4 Å². The summed E-state index contributed by atoms with van der Waals surface area (Å²) in [4.78, 5) is 8.75. The summed E-state index contributed by atoms with van der Waals surface area (Å²) in [5, 5.41) is 7.68. The summed E-state index contributed by atoms with van der Waals surface area (Å²) in [6.07, 6.45) is 4.86. The third-order valence-corrected chi connectivity index (χ3v) is 8.38. The Balaban J connectivity index is 1.78. The number of hydrogen-bond acceptors (Lipinski definition) is 7. The molecule has 5 aromatic rings. The standard InChI is InChI=1S/C27H26F2N6O3S/c1-15-25(34(2)33-32-15)17-13-20-24(31-14-17)22-18(28)6-7-21(39(3,36)37)27(22)35(20)26(16-8-11-38-12-9-16)23-19(29)5-4-10-30-23/h4-7,10,13-14,16,26H,8-9,11-12H2,1-3H3/i1D3. The smallest absolute Gasteiger partial charge is 0.177 e. The zero-order chi connectivity index (χ0) is 30.0. The van der Waals surface area contributed by atoms with Gasteiger partial charge in [-0.3, -0.25) is 9.97 Å². The molecule has 0 bridgehead atoms. The molecule has 1 aliphatic heterocycles. The van der Waals surface area contributed by atoms with E-state index in [0.29, 0.717) is 31.6 Å². The molecule has 1 fully saturated rings. The first kappa shape index (κ1) is 22.1. The van der Waals surface area contributed by atoms with Gasteiger partial charge < -0.3 is 9.30 Å². The quantitative estimate of drug-likeness (QED) is 0.296. The molecule has 0 aliphatic carbocycles. The predicted molar refractivity (Wildman–Crippen MR) is 141 cm³/mol. The summed E-state index contributed by atoms with van der Waals surface area (Å²) >= 11 is 0. The van der Waals surface area contributed by atoms with Crippen LogP contribution in [0.25, 0.3) is 33.2 Å². The van der Waals surface area contributed by atoms with Crippen LogP contribution in [-0.2, 0) is 21.6 Å². The molecule has 1 unspecified atom stereocenters. The van der Waals surface area contributed by atoms with Gasteiger partial charge in [0, 0.05) is 48.6 Å². The van der Waals surface area contributed by atoms with Crippen LogP contribution in [0, 0.1) is 24.4 Å². The predicted octanol–water partition coefficient (Wildman–Crippen LogP) is 4.39. The van der Waals surface area contributed by atoms with Crippen molar-refractivity contribution in [2.45, 2.75) is 30.6 Å². The average molecular weight is 556 g/mol. The van der Waals surface area contributed by atoms with Gasteiger partial charge in [-0.2, -0.15) is 0 Å². The number of nitrogens with zero attached hydrogens (tertiary/aromatic N) is 6. The number of ether oxygens (including phenoxy) is 1. The molecule has 0 radical (unpaired) electrons. The lowest BCUT2D eigenvalue weighted by Crippen LogP contribution is -2.28. The zero-order valence-electron chi connectivity index (χ0n) is 24.1. The molecule has 202 valence electrons. The van der Waals surface area contributed by atoms with Crippen LogP contribution in [-0.4, -0.2) is 57.4 Å². The van der Waals surface area contributed by atoms with E-state index in [2.05, 4.69) is 20.3 Å². The molecule has 1 aliphatic rings. The second kappa shape index (κ2) is 9.45. The third-order valence-electron chi connectivity index (χ3n) is 7.25. The van der Waals surface area contributed by atoms with Gasteiger partial charge in [0.1, 0.15) is 11.6 Å². The number of aromatic nitrogens is 6. The van der Waals surface area contributed by atoms with Crippen LogP contribution >= 0.6 is 0 Å². The van der Waals surface area contributed by atoms with E-state index in [1.54, 1.807) is 10.6 Å². The van der Waals surface area contributed by atoms with Gasteiger partial charge in [0.15, 0.2) is 9.84 Å². The van der Waals surface area contributed by atoms with Crippen molar-refractivity contribution < 1.29 is 26.0 Å². The Morgan fingerprint density at radius 3 is 2.67 bits per heavy atom. The molecule has 0 spiro atoms. The highest BCUT2D eigenvalue weighted by atomic mass is 32.2. The van der Waals surface area contributed by atoms with Gasteiger partial charge in [-0.25, -0.2) is 21.9 Å². The minimum absolute atomic E-state index is 0.0258. The third kappa shape index (κ3) is 4.18. The average Bonchev–Trinajstić information content (AvgIpc) is 3.49. The van der Waals surface area contributed by atoms with Crippen molar-refractivity contribution in [3.63, 3.8) is 0 Å². The fraction of sp³-hybridized carbons (Fsp3) is 0.333. The summed E-state index contributed by atoms with van der Waals surface area (Å²) in [7, 11) is -2.38. The summed E-state index contributed by atoms with van der Waals surface area (Å²) in [6, 6.07) is 5.71. The highest BCUT2D eigenvalue weighted by Crippen LogP contribution is 2.43. The number of halogens is 2. The fourth-order valence-electron chi connectivity index (χ4n) is 5.56. The number of fused-ring (bicyclic) bond motifs is 3. The van der Waals surface area contributed by atoms with Crippen molar-refractivity contribution in [1.29, 1.82) is 0 Å². The maximum absolute atomic E-state index is 15.7. The van der Waals surface area contributed by atoms with Crippen LogP contribution in [0.4, 0.5) is 8.78 Å². The molecule has 39 heavy (non-hydrogen) atoms. The lowest BCUT2D eigenvalue weighted by molar-refractivity contribution is 0.0542. The SMILES string of the molecule is [2H]C([2H])([2H])c1nnn(C)c1-c1cnc2c3c(F)ccc(S(C)(=O)=O)c3n(C(c3ncccc3F)C3CCOCC3)c2c1. The first-order chi connectivity index (χ1) is 19.9. The number of rotatable bonds is 5. The monoisotopic (exact) mass is 555 g/mol. The van der Waals surface area contributed by atoms with Crippen LogP contribution in [0.3, 0.4) is 0 Å². The van der Waals surface area contributed by atoms with Gasteiger partial charge in [-0.05, 0) is 55.9 Å². The van der Waals surface area contributed by atoms with Gasteiger partial charge in [-0.15, -0.1) is 5.10 Å². The highest BCUT2D eigenvalue weighted by Gasteiger charge is 2.35. The van der Waals surface area contributed by atoms with E-state index in [4.69, 9.17) is 8.85 Å². The van der Waals surface area contributed by atoms with E-state index in [1.165, 1.54) is 42.3 Å². The van der Waals surface area contributed by atoms with Crippen molar-refractivity contribution in [1.82, 2.24) is 29.5 Å².